The van der Waals surface area contributed by atoms with Crippen molar-refractivity contribution in [2.24, 2.45) is 5.92 Å². The zero-order valence-corrected chi connectivity index (χ0v) is 13.7. The van der Waals surface area contributed by atoms with Crippen molar-refractivity contribution in [3.8, 4) is 0 Å². The van der Waals surface area contributed by atoms with E-state index in [1.165, 1.54) is 61.9 Å². The van der Waals surface area contributed by atoms with Crippen LogP contribution in [0.15, 0.2) is 60.3 Å². The average Bonchev–Trinajstić information content (AvgIpc) is 2.63. The maximum atomic E-state index is 2.64. The van der Waals surface area contributed by atoms with Gasteiger partial charge in [0.1, 0.15) is 0 Å². The summed E-state index contributed by atoms with van der Waals surface area (Å²) in [5.74, 6) is 0.852. The minimum Gasteiger partial charge on any atom is -0.375 e. The third-order valence-electron chi connectivity index (χ3n) is 5.42. The van der Waals surface area contributed by atoms with Gasteiger partial charge in [-0.15, -0.1) is 0 Å². The van der Waals surface area contributed by atoms with Gasteiger partial charge >= 0.3 is 0 Å². The van der Waals surface area contributed by atoms with Crippen LogP contribution in [0, 0.1) is 5.92 Å². The van der Waals surface area contributed by atoms with E-state index in [0.29, 0.717) is 0 Å². The highest BCUT2D eigenvalue weighted by Crippen LogP contribution is 2.30. The van der Waals surface area contributed by atoms with Gasteiger partial charge < -0.3 is 4.90 Å². The molecule has 0 spiro atoms. The van der Waals surface area contributed by atoms with E-state index in [2.05, 4.69) is 65.6 Å². The Balaban J connectivity index is 1.38. The fourth-order valence-corrected chi connectivity index (χ4v) is 4.04. The molecule has 0 amide bonds. The molecule has 23 heavy (non-hydrogen) atoms. The van der Waals surface area contributed by atoms with E-state index < -0.39 is 0 Å². The van der Waals surface area contributed by atoms with Crippen LogP contribution in [0.25, 0.3) is 6.08 Å². The highest BCUT2D eigenvalue weighted by atomic mass is 15.1. The third kappa shape index (κ3) is 3.34. The molecule has 0 bridgehead atoms. The molecule has 1 aliphatic carbocycles. The van der Waals surface area contributed by atoms with Crippen LogP contribution < -0.4 is 0 Å². The number of nitrogens with zero attached hydrogens (tertiary/aromatic N) is 1. The van der Waals surface area contributed by atoms with Gasteiger partial charge in [-0.25, -0.2) is 0 Å². The molecule has 1 heterocycles. The Morgan fingerprint density at radius 1 is 0.826 bits per heavy atom. The lowest BCUT2D eigenvalue weighted by atomic mass is 9.88. The van der Waals surface area contributed by atoms with E-state index in [4.69, 9.17) is 0 Å². The first-order valence-electron chi connectivity index (χ1n) is 8.96. The first kappa shape index (κ1) is 14.6. The molecule has 1 saturated heterocycles. The molecule has 0 N–H and O–H groups in total. The molecule has 1 aliphatic heterocycles. The Morgan fingerprint density at radius 3 is 2.39 bits per heavy atom. The largest absolute Gasteiger partial charge is 0.375 e. The third-order valence-corrected chi connectivity index (χ3v) is 5.42. The number of aryl methyl sites for hydroxylation is 1. The molecule has 2 aromatic rings. The molecule has 0 radical (unpaired) electrons. The van der Waals surface area contributed by atoms with Gasteiger partial charge in [-0.2, -0.15) is 0 Å². The number of hydrogen-bond donors (Lipinski definition) is 0. The standard InChI is InChI=1S/C22H25N/c1-2-6-18(7-3-1)16-19-12-14-23(15-13-19)22-11-10-20-8-4-5-9-21(20)17-22/h1-9,17,19H,10-16H2. The molecule has 1 nitrogen and oxygen atoms in total. The molecule has 1 fully saturated rings. The van der Waals surface area contributed by atoms with Crippen LogP contribution in [0.2, 0.25) is 0 Å². The number of likely N-dealkylation sites (tertiary alicyclic amines) is 1. The molecular weight excluding hydrogens is 278 g/mol. The molecular formula is C22H25N. The number of allylic oxidation sites excluding steroid dienone is 1. The van der Waals surface area contributed by atoms with Crippen molar-refractivity contribution in [2.75, 3.05) is 13.1 Å². The topological polar surface area (TPSA) is 3.24 Å². The van der Waals surface area contributed by atoms with E-state index in [0.717, 1.165) is 5.92 Å². The van der Waals surface area contributed by atoms with E-state index in [1.54, 1.807) is 5.70 Å². The zero-order valence-electron chi connectivity index (χ0n) is 13.7. The molecule has 0 aromatic heterocycles. The maximum absolute atomic E-state index is 2.64. The summed E-state index contributed by atoms with van der Waals surface area (Å²) in [4.78, 5) is 2.64. The Hall–Kier alpha value is -2.02. The summed E-state index contributed by atoms with van der Waals surface area (Å²) in [6.07, 6.45) is 8.74. The summed E-state index contributed by atoms with van der Waals surface area (Å²) in [5.41, 5.74) is 5.99. The van der Waals surface area contributed by atoms with Crippen molar-refractivity contribution in [3.05, 3.63) is 77.0 Å². The van der Waals surface area contributed by atoms with E-state index in [9.17, 15) is 0 Å². The minimum absolute atomic E-state index is 0.852. The Labute approximate surface area is 139 Å². The predicted molar refractivity (Wildman–Crippen MR) is 97.2 cm³/mol. The summed E-state index contributed by atoms with van der Waals surface area (Å²) in [5, 5.41) is 0. The van der Waals surface area contributed by atoms with Gasteiger partial charge in [-0.1, -0.05) is 54.6 Å². The Kier molecular flexibility index (Phi) is 4.19. The molecule has 2 aliphatic rings. The summed E-state index contributed by atoms with van der Waals surface area (Å²) >= 11 is 0. The maximum Gasteiger partial charge on any atom is 0.0177 e. The minimum atomic E-state index is 0.852. The monoisotopic (exact) mass is 303 g/mol. The molecule has 2 aromatic carbocycles. The van der Waals surface area contributed by atoms with E-state index in [-0.39, 0.29) is 0 Å². The highest BCUT2D eigenvalue weighted by Gasteiger charge is 2.22. The summed E-state index contributed by atoms with van der Waals surface area (Å²) in [6.45, 7) is 2.46. The van der Waals surface area contributed by atoms with Crippen molar-refractivity contribution in [2.45, 2.75) is 32.1 Å². The number of benzene rings is 2. The normalized spacial score (nSPS) is 18.4. The van der Waals surface area contributed by atoms with Gasteiger partial charge in [0.15, 0.2) is 0 Å². The predicted octanol–water partition coefficient (Wildman–Crippen LogP) is 4.93. The molecule has 0 unspecified atom stereocenters. The zero-order chi connectivity index (χ0) is 15.5. The first-order valence-corrected chi connectivity index (χ1v) is 8.96. The lowest BCUT2D eigenvalue weighted by Crippen LogP contribution is -2.34. The van der Waals surface area contributed by atoms with Crippen LogP contribution in [-0.2, 0) is 12.8 Å². The van der Waals surface area contributed by atoms with Gasteiger partial charge in [0.05, 0.1) is 0 Å². The van der Waals surface area contributed by atoms with Crippen molar-refractivity contribution in [1.82, 2.24) is 4.90 Å². The van der Waals surface area contributed by atoms with Gasteiger partial charge in [0.2, 0.25) is 0 Å². The fraction of sp³-hybridized carbons (Fsp3) is 0.364. The van der Waals surface area contributed by atoms with Gasteiger partial charge in [0, 0.05) is 18.8 Å². The van der Waals surface area contributed by atoms with Crippen LogP contribution in [0.1, 0.15) is 36.0 Å². The average molecular weight is 303 g/mol. The molecule has 0 atom stereocenters. The number of piperidine rings is 1. The van der Waals surface area contributed by atoms with E-state index in [1.807, 2.05) is 0 Å². The van der Waals surface area contributed by atoms with Crippen LogP contribution >= 0.6 is 0 Å². The molecule has 118 valence electrons. The van der Waals surface area contributed by atoms with Gasteiger partial charge in [-0.05, 0) is 60.8 Å². The van der Waals surface area contributed by atoms with Gasteiger partial charge in [0.25, 0.3) is 0 Å². The van der Waals surface area contributed by atoms with Gasteiger partial charge in [-0.3, -0.25) is 0 Å². The summed E-state index contributed by atoms with van der Waals surface area (Å²) in [6, 6.07) is 19.8. The fourth-order valence-electron chi connectivity index (χ4n) is 4.04. The second-order valence-corrected chi connectivity index (χ2v) is 6.95. The smallest absolute Gasteiger partial charge is 0.0177 e. The second kappa shape index (κ2) is 6.62. The summed E-state index contributed by atoms with van der Waals surface area (Å²) < 4.78 is 0. The van der Waals surface area contributed by atoms with Crippen molar-refractivity contribution < 1.29 is 0 Å². The molecule has 1 heteroatoms. The first-order chi connectivity index (χ1) is 11.4. The lowest BCUT2D eigenvalue weighted by Gasteiger charge is -2.36. The second-order valence-electron chi connectivity index (χ2n) is 6.95. The van der Waals surface area contributed by atoms with Crippen LogP contribution in [0.5, 0.6) is 0 Å². The van der Waals surface area contributed by atoms with Crippen LogP contribution in [0.3, 0.4) is 0 Å². The quantitative estimate of drug-likeness (QED) is 0.777. The van der Waals surface area contributed by atoms with Crippen molar-refractivity contribution in [1.29, 1.82) is 0 Å². The molecule has 0 saturated carbocycles. The Morgan fingerprint density at radius 2 is 1.57 bits per heavy atom. The Bertz CT molecular complexity index is 678. The van der Waals surface area contributed by atoms with Crippen LogP contribution in [0.4, 0.5) is 0 Å². The van der Waals surface area contributed by atoms with Crippen molar-refractivity contribution >= 4 is 6.08 Å². The van der Waals surface area contributed by atoms with Crippen LogP contribution in [-0.4, -0.2) is 18.0 Å². The molecule has 4 rings (SSSR count). The van der Waals surface area contributed by atoms with E-state index >= 15 is 0 Å². The highest BCUT2D eigenvalue weighted by molar-refractivity contribution is 5.59. The number of fused-ring (bicyclic) bond motifs is 1. The number of rotatable bonds is 3. The van der Waals surface area contributed by atoms with Crippen molar-refractivity contribution in [3.63, 3.8) is 0 Å². The lowest BCUT2D eigenvalue weighted by molar-refractivity contribution is 0.221. The summed E-state index contributed by atoms with van der Waals surface area (Å²) in [7, 11) is 0. The number of hydrogen-bond acceptors (Lipinski definition) is 1. The SMILES string of the molecule is C1=C(N2CCC(Cc3ccccc3)CC2)CCc2ccccc21.